The topological polar surface area (TPSA) is 96.2 Å². The lowest BCUT2D eigenvalue weighted by Crippen LogP contribution is -2.11. The highest BCUT2D eigenvalue weighted by Crippen LogP contribution is 2.33. The Morgan fingerprint density at radius 1 is 1.15 bits per heavy atom. The average Bonchev–Trinajstić information content (AvgIpc) is 2.62. The van der Waals surface area contributed by atoms with Crippen LogP contribution in [0, 0.1) is 10.1 Å². The van der Waals surface area contributed by atoms with Crippen LogP contribution in [0.15, 0.2) is 47.6 Å². The van der Waals surface area contributed by atoms with Gasteiger partial charge in [-0.3, -0.25) is 14.8 Å². The number of hydrogen-bond acceptors (Lipinski definition) is 8. The van der Waals surface area contributed by atoms with Gasteiger partial charge in [0.25, 0.3) is 5.69 Å². The first-order valence-electron chi connectivity index (χ1n) is 7.80. The molecule has 0 spiro atoms. The van der Waals surface area contributed by atoms with Crippen molar-refractivity contribution in [1.29, 1.82) is 0 Å². The second kappa shape index (κ2) is 7.54. The summed E-state index contributed by atoms with van der Waals surface area (Å²) in [6.07, 6.45) is 1.44. The second-order valence-corrected chi connectivity index (χ2v) is 6.77. The van der Waals surface area contributed by atoms with Gasteiger partial charge in [0.2, 0.25) is 0 Å². The van der Waals surface area contributed by atoms with E-state index in [-0.39, 0.29) is 5.69 Å². The van der Waals surface area contributed by atoms with E-state index in [1.165, 1.54) is 30.4 Å². The van der Waals surface area contributed by atoms with Gasteiger partial charge in [-0.05, 0) is 43.3 Å². The number of fused-ring (bicyclic) bond motifs is 1. The SMILES string of the molecule is CNSc1ccc(N(C)C)c(Nc2ncnc3ccc([N+](=O)[O-])cc23)c1. The van der Waals surface area contributed by atoms with Crippen LogP contribution in [-0.2, 0) is 0 Å². The third kappa shape index (κ3) is 3.68. The summed E-state index contributed by atoms with van der Waals surface area (Å²) in [6.45, 7) is 0. The molecule has 26 heavy (non-hydrogen) atoms. The van der Waals surface area contributed by atoms with Gasteiger partial charge in [0, 0.05) is 36.5 Å². The van der Waals surface area contributed by atoms with E-state index >= 15 is 0 Å². The molecule has 0 fully saturated rings. The van der Waals surface area contributed by atoms with Crippen LogP contribution in [0.5, 0.6) is 0 Å². The zero-order valence-corrected chi connectivity index (χ0v) is 15.4. The zero-order chi connectivity index (χ0) is 18.7. The van der Waals surface area contributed by atoms with Crippen molar-refractivity contribution in [3.05, 3.63) is 52.8 Å². The molecule has 0 aliphatic heterocycles. The highest BCUT2D eigenvalue weighted by Gasteiger charge is 2.13. The molecule has 0 bridgehead atoms. The maximum Gasteiger partial charge on any atom is 0.270 e. The Kier molecular flexibility index (Phi) is 5.19. The Morgan fingerprint density at radius 2 is 1.96 bits per heavy atom. The summed E-state index contributed by atoms with van der Waals surface area (Å²) in [7, 11) is 5.76. The summed E-state index contributed by atoms with van der Waals surface area (Å²) in [5.74, 6) is 0.522. The summed E-state index contributed by atoms with van der Waals surface area (Å²) < 4.78 is 3.05. The fraction of sp³-hybridized carbons (Fsp3) is 0.176. The van der Waals surface area contributed by atoms with Crippen LogP contribution in [0.2, 0.25) is 0 Å². The van der Waals surface area contributed by atoms with E-state index in [4.69, 9.17) is 0 Å². The fourth-order valence-electron chi connectivity index (χ4n) is 2.57. The summed E-state index contributed by atoms with van der Waals surface area (Å²) in [5.41, 5.74) is 2.47. The van der Waals surface area contributed by atoms with Gasteiger partial charge in [-0.1, -0.05) is 0 Å². The van der Waals surface area contributed by atoms with E-state index in [1.807, 2.05) is 44.2 Å². The molecule has 2 aromatic carbocycles. The first-order chi connectivity index (χ1) is 12.5. The Labute approximate surface area is 154 Å². The minimum absolute atomic E-state index is 0.00247. The molecule has 1 aromatic heterocycles. The molecule has 0 amide bonds. The lowest BCUT2D eigenvalue weighted by molar-refractivity contribution is -0.384. The van der Waals surface area contributed by atoms with Crippen LogP contribution in [0.4, 0.5) is 22.9 Å². The maximum absolute atomic E-state index is 11.1. The van der Waals surface area contributed by atoms with Crippen molar-refractivity contribution in [1.82, 2.24) is 14.7 Å². The standard InChI is InChI=1S/C17H18N6O2S/c1-18-26-12-5-7-16(22(2)3)15(9-12)21-17-13-8-11(23(24)25)4-6-14(13)19-10-20-17/h4-10,18H,1-3H3,(H,19,20,21). The van der Waals surface area contributed by atoms with E-state index in [2.05, 4.69) is 20.0 Å². The Bertz CT molecular complexity index is 963. The maximum atomic E-state index is 11.1. The van der Waals surface area contributed by atoms with E-state index in [0.29, 0.717) is 16.7 Å². The van der Waals surface area contributed by atoms with Crippen LogP contribution in [0.3, 0.4) is 0 Å². The third-order valence-corrected chi connectivity index (χ3v) is 4.45. The average molecular weight is 370 g/mol. The van der Waals surface area contributed by atoms with Gasteiger partial charge >= 0.3 is 0 Å². The number of nitro benzene ring substituents is 1. The van der Waals surface area contributed by atoms with Crippen LogP contribution >= 0.6 is 11.9 Å². The molecular weight excluding hydrogens is 352 g/mol. The highest BCUT2D eigenvalue weighted by atomic mass is 32.2. The highest BCUT2D eigenvalue weighted by molar-refractivity contribution is 7.97. The first kappa shape index (κ1) is 17.9. The van der Waals surface area contributed by atoms with Crippen LogP contribution in [0.1, 0.15) is 0 Å². The van der Waals surface area contributed by atoms with E-state index < -0.39 is 4.92 Å². The van der Waals surface area contributed by atoms with Gasteiger partial charge < -0.3 is 10.2 Å². The summed E-state index contributed by atoms with van der Waals surface area (Å²) >= 11 is 1.50. The number of anilines is 3. The van der Waals surface area contributed by atoms with Crippen molar-refractivity contribution in [3.63, 3.8) is 0 Å². The van der Waals surface area contributed by atoms with Gasteiger partial charge in [0.05, 0.1) is 21.8 Å². The van der Waals surface area contributed by atoms with Crippen LogP contribution in [-0.4, -0.2) is 36.0 Å². The quantitative estimate of drug-likeness (QED) is 0.386. The predicted molar refractivity (Wildman–Crippen MR) is 105 cm³/mol. The molecular formula is C17H18N6O2S. The lowest BCUT2D eigenvalue weighted by atomic mass is 10.2. The van der Waals surface area contributed by atoms with Gasteiger partial charge in [0.1, 0.15) is 12.1 Å². The zero-order valence-electron chi connectivity index (χ0n) is 14.6. The third-order valence-electron chi connectivity index (χ3n) is 3.75. The molecule has 0 saturated carbocycles. The van der Waals surface area contributed by atoms with Crippen molar-refractivity contribution in [2.24, 2.45) is 0 Å². The molecule has 8 nitrogen and oxygen atoms in total. The number of aromatic nitrogens is 2. The molecule has 3 rings (SSSR count). The normalized spacial score (nSPS) is 10.7. The van der Waals surface area contributed by atoms with E-state index in [9.17, 15) is 10.1 Å². The number of nitrogens with zero attached hydrogens (tertiary/aromatic N) is 4. The molecule has 9 heteroatoms. The van der Waals surface area contributed by atoms with Crippen molar-refractivity contribution in [2.45, 2.75) is 4.90 Å². The molecule has 0 radical (unpaired) electrons. The van der Waals surface area contributed by atoms with Crippen LogP contribution < -0.4 is 14.9 Å². The molecule has 0 unspecified atom stereocenters. The van der Waals surface area contributed by atoms with E-state index in [0.717, 1.165) is 16.3 Å². The molecule has 3 aromatic rings. The van der Waals surface area contributed by atoms with Gasteiger partial charge in [0.15, 0.2) is 0 Å². The van der Waals surface area contributed by atoms with Gasteiger partial charge in [-0.25, -0.2) is 9.97 Å². The van der Waals surface area contributed by atoms with Crippen molar-refractivity contribution < 1.29 is 4.92 Å². The minimum Gasteiger partial charge on any atom is -0.376 e. The van der Waals surface area contributed by atoms with E-state index in [1.54, 1.807) is 6.07 Å². The van der Waals surface area contributed by atoms with Gasteiger partial charge in [-0.15, -0.1) is 0 Å². The molecule has 134 valence electrons. The van der Waals surface area contributed by atoms with Crippen molar-refractivity contribution >= 4 is 45.7 Å². The Balaban J connectivity index is 2.09. The molecule has 0 saturated heterocycles. The molecule has 2 N–H and O–H groups in total. The van der Waals surface area contributed by atoms with Crippen molar-refractivity contribution in [3.8, 4) is 0 Å². The number of non-ortho nitro benzene ring substituents is 1. The Morgan fingerprint density at radius 3 is 2.65 bits per heavy atom. The van der Waals surface area contributed by atoms with Crippen LogP contribution in [0.25, 0.3) is 10.9 Å². The Hall–Kier alpha value is -2.91. The molecule has 1 heterocycles. The van der Waals surface area contributed by atoms with Gasteiger partial charge in [-0.2, -0.15) is 0 Å². The number of benzene rings is 2. The molecule has 0 aliphatic carbocycles. The number of nitrogens with one attached hydrogen (secondary N) is 2. The fourth-order valence-corrected chi connectivity index (χ4v) is 3.12. The largest absolute Gasteiger partial charge is 0.376 e. The van der Waals surface area contributed by atoms with Crippen molar-refractivity contribution in [2.75, 3.05) is 31.4 Å². The first-order valence-corrected chi connectivity index (χ1v) is 8.62. The minimum atomic E-state index is -0.425. The second-order valence-electron chi connectivity index (χ2n) is 5.69. The lowest BCUT2D eigenvalue weighted by Gasteiger charge is -2.19. The number of hydrogen-bond donors (Lipinski definition) is 2. The summed E-state index contributed by atoms with van der Waals surface area (Å²) in [4.78, 5) is 22.2. The smallest absolute Gasteiger partial charge is 0.270 e. The summed E-state index contributed by atoms with van der Waals surface area (Å²) in [6, 6.07) is 10.6. The number of nitro groups is 1. The predicted octanol–water partition coefficient (Wildman–Crippen LogP) is 3.57. The summed E-state index contributed by atoms with van der Waals surface area (Å²) in [5, 5.41) is 15.0. The monoisotopic (exact) mass is 370 g/mol. The molecule has 0 aliphatic rings. The molecule has 0 atom stereocenters. The number of rotatable bonds is 6.